The molecule has 1 fully saturated rings. The highest BCUT2D eigenvalue weighted by molar-refractivity contribution is 4.69. The van der Waals surface area contributed by atoms with E-state index >= 15 is 0 Å². The molecule has 1 saturated heterocycles. The van der Waals surface area contributed by atoms with Gasteiger partial charge in [-0.2, -0.15) is 0 Å². The Morgan fingerprint density at radius 2 is 1.64 bits per heavy atom. The van der Waals surface area contributed by atoms with E-state index in [-0.39, 0.29) is 0 Å². The number of hydrogen-bond donors (Lipinski definition) is 0. The van der Waals surface area contributed by atoms with Crippen molar-refractivity contribution >= 4 is 0 Å². The Hall–Kier alpha value is -0.0400. The Kier molecular flexibility index (Phi) is 8.26. The maximum atomic E-state index is 2.62. The highest BCUT2D eigenvalue weighted by atomic mass is 15.1. The van der Waals surface area contributed by atoms with E-state index in [0.717, 1.165) is 11.8 Å². The molecule has 1 aliphatic rings. The van der Waals surface area contributed by atoms with Crippen LogP contribution in [0.25, 0.3) is 0 Å². The van der Waals surface area contributed by atoms with Gasteiger partial charge in [0.05, 0.1) is 0 Å². The lowest BCUT2D eigenvalue weighted by Crippen LogP contribution is -2.34. The van der Waals surface area contributed by atoms with Gasteiger partial charge in [0.1, 0.15) is 0 Å². The molecular formula is C13H29N. The fraction of sp³-hybridized carbons (Fsp3) is 1.00. The van der Waals surface area contributed by atoms with Crippen LogP contribution < -0.4 is 0 Å². The molecule has 0 amide bonds. The molecule has 14 heavy (non-hydrogen) atoms. The molecule has 0 saturated carbocycles. The number of nitrogens with zero attached hydrogens (tertiary/aromatic N) is 1. The molecule has 0 bridgehead atoms. The molecule has 0 spiro atoms. The summed E-state index contributed by atoms with van der Waals surface area (Å²) in [6, 6.07) is 0. The Labute approximate surface area is 90.9 Å². The van der Waals surface area contributed by atoms with E-state index in [1.807, 2.05) is 13.8 Å². The summed E-state index contributed by atoms with van der Waals surface area (Å²) in [7, 11) is 0. The first kappa shape index (κ1) is 14.0. The van der Waals surface area contributed by atoms with Crippen molar-refractivity contribution in [2.45, 2.75) is 53.9 Å². The molecular weight excluding hydrogens is 170 g/mol. The van der Waals surface area contributed by atoms with Crippen LogP contribution in [0.5, 0.6) is 0 Å². The monoisotopic (exact) mass is 199 g/mol. The average molecular weight is 199 g/mol. The largest absolute Gasteiger partial charge is 0.303 e. The van der Waals surface area contributed by atoms with E-state index in [4.69, 9.17) is 0 Å². The molecule has 0 aromatic carbocycles. The van der Waals surface area contributed by atoms with E-state index in [1.54, 1.807) is 0 Å². The number of piperidine rings is 1. The van der Waals surface area contributed by atoms with Crippen LogP contribution in [-0.2, 0) is 0 Å². The van der Waals surface area contributed by atoms with Gasteiger partial charge in [-0.05, 0) is 50.7 Å². The van der Waals surface area contributed by atoms with Crippen LogP contribution in [0, 0.1) is 11.8 Å². The van der Waals surface area contributed by atoms with Crippen molar-refractivity contribution in [3.05, 3.63) is 0 Å². The lowest BCUT2D eigenvalue weighted by atomic mass is 9.99. The van der Waals surface area contributed by atoms with E-state index < -0.39 is 0 Å². The molecule has 1 rings (SSSR count). The minimum Gasteiger partial charge on any atom is -0.303 e. The third-order valence-electron chi connectivity index (χ3n) is 2.90. The maximum Gasteiger partial charge on any atom is -0.00162 e. The summed E-state index contributed by atoms with van der Waals surface area (Å²) < 4.78 is 0. The van der Waals surface area contributed by atoms with Crippen LogP contribution in [-0.4, -0.2) is 24.5 Å². The minimum atomic E-state index is 0.865. The van der Waals surface area contributed by atoms with Gasteiger partial charge < -0.3 is 4.90 Å². The molecule has 1 heteroatoms. The molecule has 0 N–H and O–H groups in total. The smallest absolute Gasteiger partial charge is 0.00162 e. The summed E-state index contributed by atoms with van der Waals surface area (Å²) >= 11 is 0. The van der Waals surface area contributed by atoms with Crippen molar-refractivity contribution in [3.8, 4) is 0 Å². The third-order valence-corrected chi connectivity index (χ3v) is 2.90. The molecule has 86 valence electrons. The fourth-order valence-electron chi connectivity index (χ4n) is 1.73. The van der Waals surface area contributed by atoms with Crippen LogP contribution in [0.15, 0.2) is 0 Å². The van der Waals surface area contributed by atoms with Crippen molar-refractivity contribution in [1.82, 2.24) is 4.90 Å². The zero-order chi connectivity index (χ0) is 11.0. The topological polar surface area (TPSA) is 3.24 Å². The van der Waals surface area contributed by atoms with Crippen LogP contribution in [0.3, 0.4) is 0 Å². The molecule has 0 atom stereocenters. The van der Waals surface area contributed by atoms with Crippen LogP contribution >= 0.6 is 0 Å². The summed E-state index contributed by atoms with van der Waals surface area (Å²) in [6.07, 6.45) is 4.20. The molecule has 0 radical (unpaired) electrons. The third kappa shape index (κ3) is 6.42. The van der Waals surface area contributed by atoms with Crippen LogP contribution in [0.2, 0.25) is 0 Å². The Morgan fingerprint density at radius 1 is 1.14 bits per heavy atom. The fourth-order valence-corrected chi connectivity index (χ4v) is 1.73. The van der Waals surface area contributed by atoms with E-state index in [2.05, 4.69) is 25.7 Å². The van der Waals surface area contributed by atoms with Crippen molar-refractivity contribution in [3.63, 3.8) is 0 Å². The zero-order valence-electron chi connectivity index (χ0n) is 10.8. The first-order valence-corrected chi connectivity index (χ1v) is 6.41. The van der Waals surface area contributed by atoms with E-state index in [9.17, 15) is 0 Å². The normalized spacial score (nSPS) is 19.3. The molecule has 0 aromatic rings. The number of likely N-dealkylation sites (tertiary alicyclic amines) is 1. The highest BCUT2D eigenvalue weighted by Crippen LogP contribution is 2.16. The van der Waals surface area contributed by atoms with Gasteiger partial charge in [0.15, 0.2) is 0 Å². The van der Waals surface area contributed by atoms with Crippen molar-refractivity contribution in [2.75, 3.05) is 19.6 Å². The Morgan fingerprint density at radius 3 is 2.07 bits per heavy atom. The lowest BCUT2D eigenvalue weighted by Gasteiger charge is -2.30. The summed E-state index contributed by atoms with van der Waals surface area (Å²) in [5, 5.41) is 0. The van der Waals surface area contributed by atoms with E-state index in [1.165, 1.54) is 38.9 Å². The van der Waals surface area contributed by atoms with Gasteiger partial charge in [-0.15, -0.1) is 0 Å². The summed E-state index contributed by atoms with van der Waals surface area (Å²) in [4.78, 5) is 2.62. The zero-order valence-corrected chi connectivity index (χ0v) is 10.8. The lowest BCUT2D eigenvalue weighted by molar-refractivity contribution is 0.184. The minimum absolute atomic E-state index is 0.865. The predicted octanol–water partition coefficient (Wildman–Crippen LogP) is 3.79. The van der Waals surface area contributed by atoms with E-state index in [0.29, 0.717) is 0 Å². The number of hydrogen-bond acceptors (Lipinski definition) is 1. The number of rotatable bonds is 3. The van der Waals surface area contributed by atoms with Gasteiger partial charge >= 0.3 is 0 Å². The van der Waals surface area contributed by atoms with Crippen molar-refractivity contribution < 1.29 is 0 Å². The molecule has 1 nitrogen and oxygen atoms in total. The van der Waals surface area contributed by atoms with Crippen molar-refractivity contribution in [2.24, 2.45) is 11.8 Å². The molecule has 0 aliphatic carbocycles. The van der Waals surface area contributed by atoms with Crippen LogP contribution in [0.4, 0.5) is 0 Å². The molecule has 1 heterocycles. The molecule has 0 unspecified atom stereocenters. The first-order chi connectivity index (χ1) is 6.68. The molecule has 1 aliphatic heterocycles. The van der Waals surface area contributed by atoms with Crippen molar-refractivity contribution in [1.29, 1.82) is 0 Å². The first-order valence-electron chi connectivity index (χ1n) is 6.41. The quantitative estimate of drug-likeness (QED) is 0.668. The van der Waals surface area contributed by atoms with Gasteiger partial charge in [0.2, 0.25) is 0 Å². The van der Waals surface area contributed by atoms with Gasteiger partial charge in [0.25, 0.3) is 0 Å². The maximum absolute atomic E-state index is 2.62. The van der Waals surface area contributed by atoms with Crippen LogP contribution in [0.1, 0.15) is 53.9 Å². The average Bonchev–Trinajstić information content (AvgIpc) is 2.20. The Balaban J connectivity index is 0.000000791. The second-order valence-electron chi connectivity index (χ2n) is 4.71. The second-order valence-corrected chi connectivity index (χ2v) is 4.71. The second kappa shape index (κ2) is 8.28. The van der Waals surface area contributed by atoms with Gasteiger partial charge in [-0.3, -0.25) is 0 Å². The summed E-state index contributed by atoms with van der Waals surface area (Å²) in [5.74, 6) is 1.84. The summed E-state index contributed by atoms with van der Waals surface area (Å²) in [6.45, 7) is 15.0. The Bertz CT molecular complexity index is 112. The highest BCUT2D eigenvalue weighted by Gasteiger charge is 2.14. The summed E-state index contributed by atoms with van der Waals surface area (Å²) in [5.41, 5.74) is 0. The van der Waals surface area contributed by atoms with Gasteiger partial charge in [0, 0.05) is 0 Å². The molecule has 0 aromatic heterocycles. The SMILES string of the molecule is CC.CC(C)CCN1CCC(C)CC1. The van der Waals surface area contributed by atoms with Gasteiger partial charge in [-0.1, -0.05) is 34.6 Å². The van der Waals surface area contributed by atoms with Gasteiger partial charge in [-0.25, -0.2) is 0 Å². The standard InChI is InChI=1S/C11H23N.C2H6/c1-10(2)4-7-12-8-5-11(3)6-9-12;1-2/h10-11H,4-9H2,1-3H3;1-2H3. The predicted molar refractivity (Wildman–Crippen MR) is 65.6 cm³/mol.